The lowest BCUT2D eigenvalue weighted by Gasteiger charge is -2.30. The molecule has 5 heteroatoms. The Bertz CT molecular complexity index is 685. The Hall–Kier alpha value is -2.53. The lowest BCUT2D eigenvalue weighted by atomic mass is 10.1. The highest BCUT2D eigenvalue weighted by Crippen LogP contribution is 2.26. The van der Waals surface area contributed by atoms with Crippen LogP contribution >= 0.6 is 0 Å². The number of amides is 1. The fourth-order valence-electron chi connectivity index (χ4n) is 3.09. The highest BCUT2D eigenvalue weighted by Gasteiger charge is 2.14. The van der Waals surface area contributed by atoms with E-state index in [1.165, 1.54) is 11.3 Å². The van der Waals surface area contributed by atoms with E-state index in [4.69, 9.17) is 4.74 Å². The van der Waals surface area contributed by atoms with Gasteiger partial charge in [0.2, 0.25) is 5.91 Å². The van der Waals surface area contributed by atoms with Gasteiger partial charge in [0, 0.05) is 32.6 Å². The smallest absolute Gasteiger partial charge is 0.221 e. The molecule has 1 heterocycles. The minimum absolute atomic E-state index is 0.0808. The monoisotopic (exact) mass is 353 g/mol. The van der Waals surface area contributed by atoms with Crippen LogP contribution in [-0.4, -0.2) is 45.3 Å². The zero-order valence-corrected chi connectivity index (χ0v) is 15.1. The second-order valence-electron chi connectivity index (χ2n) is 6.38. The van der Waals surface area contributed by atoms with Crippen LogP contribution in [0.2, 0.25) is 0 Å². The Morgan fingerprint density at radius 1 is 0.962 bits per heavy atom. The maximum atomic E-state index is 12.0. The molecule has 0 aliphatic carbocycles. The molecule has 1 aliphatic rings. The number of nitrogens with zero attached hydrogens (tertiary/aromatic N) is 1. The van der Waals surface area contributed by atoms with Crippen LogP contribution in [0, 0.1) is 0 Å². The van der Waals surface area contributed by atoms with E-state index in [2.05, 4.69) is 39.8 Å². The van der Waals surface area contributed by atoms with E-state index in [9.17, 15) is 4.79 Å². The maximum absolute atomic E-state index is 12.0. The quantitative estimate of drug-likeness (QED) is 0.766. The van der Waals surface area contributed by atoms with Crippen molar-refractivity contribution in [2.75, 3.05) is 49.6 Å². The van der Waals surface area contributed by atoms with Gasteiger partial charge >= 0.3 is 0 Å². The summed E-state index contributed by atoms with van der Waals surface area (Å²) in [5, 5.41) is 6.40. The first kappa shape index (κ1) is 18.3. The summed E-state index contributed by atoms with van der Waals surface area (Å²) in [6.07, 6.45) is 1.33. The van der Waals surface area contributed by atoms with Crippen molar-refractivity contribution in [1.29, 1.82) is 0 Å². The van der Waals surface area contributed by atoms with Gasteiger partial charge in [-0.25, -0.2) is 0 Å². The van der Waals surface area contributed by atoms with Gasteiger partial charge in [-0.3, -0.25) is 4.79 Å². The van der Waals surface area contributed by atoms with E-state index >= 15 is 0 Å². The number of nitrogens with one attached hydrogen (secondary N) is 2. The van der Waals surface area contributed by atoms with Crippen molar-refractivity contribution in [1.82, 2.24) is 5.32 Å². The molecule has 1 amide bonds. The molecule has 1 aliphatic heterocycles. The molecule has 5 nitrogen and oxygen atoms in total. The molecule has 3 rings (SSSR count). The molecule has 1 fully saturated rings. The lowest BCUT2D eigenvalue weighted by molar-refractivity contribution is -0.120. The Kier molecular flexibility index (Phi) is 6.90. The van der Waals surface area contributed by atoms with Gasteiger partial charge in [0.15, 0.2) is 0 Å². The summed E-state index contributed by atoms with van der Waals surface area (Å²) in [5.41, 5.74) is 3.50. The number of para-hydroxylation sites is 2. The molecule has 138 valence electrons. The van der Waals surface area contributed by atoms with Gasteiger partial charge in [-0.1, -0.05) is 42.5 Å². The van der Waals surface area contributed by atoms with Crippen LogP contribution < -0.4 is 15.5 Å². The van der Waals surface area contributed by atoms with Crippen LogP contribution in [0.15, 0.2) is 54.6 Å². The molecule has 2 N–H and O–H groups in total. The molecule has 26 heavy (non-hydrogen) atoms. The maximum Gasteiger partial charge on any atom is 0.221 e. The number of carbonyl (C=O) groups is 1. The van der Waals surface area contributed by atoms with Gasteiger partial charge in [0.05, 0.1) is 24.6 Å². The summed E-state index contributed by atoms with van der Waals surface area (Å²) in [6.45, 7) is 4.62. The van der Waals surface area contributed by atoms with E-state index in [0.29, 0.717) is 19.5 Å². The van der Waals surface area contributed by atoms with E-state index in [1.807, 2.05) is 30.3 Å². The van der Waals surface area contributed by atoms with Gasteiger partial charge < -0.3 is 20.3 Å². The van der Waals surface area contributed by atoms with Crippen LogP contribution in [0.5, 0.6) is 0 Å². The van der Waals surface area contributed by atoms with Crippen molar-refractivity contribution in [3.05, 3.63) is 60.2 Å². The summed E-state index contributed by atoms with van der Waals surface area (Å²) < 4.78 is 5.43. The third kappa shape index (κ3) is 5.49. The van der Waals surface area contributed by atoms with Gasteiger partial charge in [-0.2, -0.15) is 0 Å². The summed E-state index contributed by atoms with van der Waals surface area (Å²) in [6, 6.07) is 18.5. The molecule has 2 aromatic rings. The van der Waals surface area contributed by atoms with Gasteiger partial charge in [-0.05, 0) is 24.1 Å². The molecular weight excluding hydrogens is 326 g/mol. The fourth-order valence-corrected chi connectivity index (χ4v) is 3.09. The zero-order valence-electron chi connectivity index (χ0n) is 15.1. The molecular formula is C21H27N3O2. The second-order valence-corrected chi connectivity index (χ2v) is 6.38. The zero-order chi connectivity index (χ0) is 18.0. The van der Waals surface area contributed by atoms with Crippen molar-refractivity contribution in [3.8, 4) is 0 Å². The topological polar surface area (TPSA) is 53.6 Å². The average molecular weight is 353 g/mol. The Labute approximate surface area is 155 Å². The fraction of sp³-hybridized carbons (Fsp3) is 0.381. The van der Waals surface area contributed by atoms with E-state index in [0.717, 1.165) is 38.4 Å². The van der Waals surface area contributed by atoms with Crippen LogP contribution in [0.4, 0.5) is 11.4 Å². The van der Waals surface area contributed by atoms with E-state index < -0.39 is 0 Å². The third-order valence-electron chi connectivity index (χ3n) is 4.50. The summed E-state index contributed by atoms with van der Waals surface area (Å²) >= 11 is 0. The van der Waals surface area contributed by atoms with Crippen LogP contribution in [-0.2, 0) is 16.0 Å². The molecule has 0 bridgehead atoms. The minimum atomic E-state index is 0.0808. The van der Waals surface area contributed by atoms with Crippen molar-refractivity contribution in [2.24, 2.45) is 0 Å². The molecule has 2 aromatic carbocycles. The second kappa shape index (κ2) is 9.82. The van der Waals surface area contributed by atoms with Crippen molar-refractivity contribution < 1.29 is 9.53 Å². The first-order chi connectivity index (χ1) is 12.8. The van der Waals surface area contributed by atoms with Crippen LogP contribution in [0.1, 0.15) is 12.0 Å². The number of hydrogen-bond acceptors (Lipinski definition) is 4. The van der Waals surface area contributed by atoms with Crippen molar-refractivity contribution in [2.45, 2.75) is 12.8 Å². The Balaban J connectivity index is 1.41. The SMILES string of the molecule is O=C(CCNc1ccccc1N1CCOCC1)NCCc1ccccc1. The number of anilines is 2. The van der Waals surface area contributed by atoms with E-state index in [-0.39, 0.29) is 5.91 Å². The molecule has 0 saturated carbocycles. The minimum Gasteiger partial charge on any atom is -0.383 e. The molecule has 0 spiro atoms. The number of rotatable bonds is 8. The van der Waals surface area contributed by atoms with Crippen LogP contribution in [0.25, 0.3) is 0 Å². The van der Waals surface area contributed by atoms with Crippen molar-refractivity contribution >= 4 is 17.3 Å². The normalized spacial score (nSPS) is 14.1. The first-order valence-corrected chi connectivity index (χ1v) is 9.29. The van der Waals surface area contributed by atoms with Gasteiger partial charge in [0.25, 0.3) is 0 Å². The number of hydrogen-bond donors (Lipinski definition) is 2. The van der Waals surface area contributed by atoms with Crippen molar-refractivity contribution in [3.63, 3.8) is 0 Å². The summed E-state index contributed by atoms with van der Waals surface area (Å²) in [5.74, 6) is 0.0808. The number of benzene rings is 2. The van der Waals surface area contributed by atoms with E-state index in [1.54, 1.807) is 0 Å². The number of ether oxygens (including phenoxy) is 1. The Morgan fingerprint density at radius 3 is 2.50 bits per heavy atom. The average Bonchev–Trinajstić information content (AvgIpc) is 2.70. The molecule has 1 saturated heterocycles. The molecule has 0 aromatic heterocycles. The molecule has 0 atom stereocenters. The predicted molar refractivity (Wildman–Crippen MR) is 106 cm³/mol. The Morgan fingerprint density at radius 2 is 1.69 bits per heavy atom. The standard InChI is InChI=1S/C21H27N3O2/c25-21(23-12-10-18-6-2-1-3-7-18)11-13-22-19-8-4-5-9-20(19)24-14-16-26-17-15-24/h1-9,22H,10-17H2,(H,23,25). The summed E-state index contributed by atoms with van der Waals surface area (Å²) in [7, 11) is 0. The highest BCUT2D eigenvalue weighted by molar-refractivity contribution is 5.77. The predicted octanol–water partition coefficient (Wildman–Crippen LogP) is 2.68. The van der Waals surface area contributed by atoms with Gasteiger partial charge in [-0.15, -0.1) is 0 Å². The molecule has 0 radical (unpaired) electrons. The summed E-state index contributed by atoms with van der Waals surface area (Å²) in [4.78, 5) is 14.4. The third-order valence-corrected chi connectivity index (χ3v) is 4.50. The number of carbonyl (C=O) groups excluding carboxylic acids is 1. The molecule has 0 unspecified atom stereocenters. The van der Waals surface area contributed by atoms with Crippen LogP contribution in [0.3, 0.4) is 0 Å². The lowest BCUT2D eigenvalue weighted by Crippen LogP contribution is -2.36. The number of morpholine rings is 1. The first-order valence-electron chi connectivity index (χ1n) is 9.29. The van der Waals surface area contributed by atoms with Gasteiger partial charge in [0.1, 0.15) is 0 Å². The highest BCUT2D eigenvalue weighted by atomic mass is 16.5. The largest absolute Gasteiger partial charge is 0.383 e.